The number of aliphatic hydroxyl groups excluding tert-OH is 2. The molecule has 0 spiro atoms. The standard InChI is InChI=1S/C27H29N7O5/c1-17(32(2)3)29-24-23-25(33(16-28-23)22-14-20(36)21(15-35)38-22)31-26(30-24)39-27(37)34(18-10-6-4-7-11-18)19-12-8-5-9-13-19/h4-13,16,20-22,35-36H,14-15H2,1-3H3/t20-,21+,22+/m0/s1. The molecule has 0 saturated carbocycles. The van der Waals surface area contributed by atoms with Gasteiger partial charge in [0.25, 0.3) is 0 Å². The first-order chi connectivity index (χ1) is 18.9. The van der Waals surface area contributed by atoms with E-state index in [9.17, 15) is 15.0 Å². The third-order valence-electron chi connectivity index (χ3n) is 6.38. The molecular formula is C27H29N7O5. The molecule has 0 unspecified atom stereocenters. The Morgan fingerprint density at radius 2 is 1.74 bits per heavy atom. The van der Waals surface area contributed by atoms with Crippen LogP contribution in [0, 0.1) is 0 Å². The van der Waals surface area contributed by atoms with E-state index in [0.29, 0.717) is 28.4 Å². The summed E-state index contributed by atoms with van der Waals surface area (Å²) >= 11 is 0. The van der Waals surface area contributed by atoms with Crippen LogP contribution in [0.25, 0.3) is 11.2 Å². The van der Waals surface area contributed by atoms with Gasteiger partial charge in [0.05, 0.1) is 30.4 Å². The summed E-state index contributed by atoms with van der Waals surface area (Å²) in [4.78, 5) is 34.7. The lowest BCUT2D eigenvalue weighted by atomic mass is 10.2. The molecule has 1 aliphatic heterocycles. The number of carbonyl (C=O) groups excluding carboxylic acids is 1. The predicted octanol–water partition coefficient (Wildman–Crippen LogP) is 3.42. The normalized spacial score (nSPS) is 19.3. The van der Waals surface area contributed by atoms with Crippen LogP contribution in [0.15, 0.2) is 72.0 Å². The minimum Gasteiger partial charge on any atom is -0.394 e. The summed E-state index contributed by atoms with van der Waals surface area (Å²) in [6, 6.07) is 18.0. The Balaban J connectivity index is 1.57. The minimum atomic E-state index is -0.852. The number of aromatic nitrogens is 4. The number of aliphatic imine (C=N–C) groups is 1. The minimum absolute atomic E-state index is 0.205. The SMILES string of the molecule is CC(=Nc1nc(OC(=O)N(c2ccccc2)c2ccccc2)nc2c1ncn2[C@H]1C[C@H](O)[C@@H](CO)O1)N(C)C. The molecule has 2 aromatic carbocycles. The smallest absolute Gasteiger partial charge is 0.394 e. The van der Waals surface area contributed by atoms with Gasteiger partial charge in [-0.3, -0.25) is 4.57 Å². The highest BCUT2D eigenvalue weighted by Gasteiger charge is 2.36. The highest BCUT2D eigenvalue weighted by atomic mass is 16.6. The summed E-state index contributed by atoms with van der Waals surface area (Å²) in [7, 11) is 3.69. The van der Waals surface area contributed by atoms with Gasteiger partial charge in [-0.25, -0.2) is 19.7 Å². The Labute approximate surface area is 224 Å². The maximum absolute atomic E-state index is 13.6. The van der Waals surface area contributed by atoms with Crippen molar-refractivity contribution in [3.05, 3.63) is 67.0 Å². The number of amides is 1. The van der Waals surface area contributed by atoms with Crippen LogP contribution >= 0.6 is 0 Å². The van der Waals surface area contributed by atoms with Gasteiger partial charge in [0, 0.05) is 20.5 Å². The van der Waals surface area contributed by atoms with E-state index in [0.717, 1.165) is 0 Å². The summed E-state index contributed by atoms with van der Waals surface area (Å²) in [6.45, 7) is 1.49. The lowest BCUT2D eigenvalue weighted by molar-refractivity contribution is -0.0432. The number of fused-ring (bicyclic) bond motifs is 1. The number of rotatable bonds is 6. The van der Waals surface area contributed by atoms with Gasteiger partial charge in [-0.15, -0.1) is 0 Å². The summed E-state index contributed by atoms with van der Waals surface area (Å²) < 4.78 is 13.2. The molecule has 1 fully saturated rings. The Morgan fingerprint density at radius 3 is 2.31 bits per heavy atom. The van der Waals surface area contributed by atoms with Crippen molar-refractivity contribution in [3.8, 4) is 6.01 Å². The van der Waals surface area contributed by atoms with Crippen LogP contribution in [0.4, 0.5) is 22.0 Å². The molecule has 2 aromatic heterocycles. The summed E-state index contributed by atoms with van der Waals surface area (Å²) in [5.74, 6) is 0.848. The third-order valence-corrected chi connectivity index (χ3v) is 6.38. The number of amidine groups is 1. The second-order valence-corrected chi connectivity index (χ2v) is 9.20. The quantitative estimate of drug-likeness (QED) is 0.283. The van der Waals surface area contributed by atoms with Crippen molar-refractivity contribution in [3.63, 3.8) is 0 Å². The van der Waals surface area contributed by atoms with E-state index in [1.807, 2.05) is 62.3 Å². The molecule has 12 nitrogen and oxygen atoms in total. The third kappa shape index (κ3) is 5.43. The topological polar surface area (TPSA) is 138 Å². The van der Waals surface area contributed by atoms with Crippen molar-refractivity contribution >= 4 is 40.3 Å². The molecule has 1 aliphatic rings. The highest BCUT2D eigenvalue weighted by Crippen LogP contribution is 2.34. The fourth-order valence-electron chi connectivity index (χ4n) is 4.16. The second-order valence-electron chi connectivity index (χ2n) is 9.20. The number of anilines is 2. The van der Waals surface area contributed by atoms with E-state index >= 15 is 0 Å². The van der Waals surface area contributed by atoms with E-state index in [1.54, 1.807) is 28.8 Å². The molecule has 1 saturated heterocycles. The Kier molecular flexibility index (Phi) is 7.50. The second kappa shape index (κ2) is 11.2. The summed E-state index contributed by atoms with van der Waals surface area (Å²) in [6.07, 6.45) is -1.21. The molecule has 12 heteroatoms. The Bertz CT molecular complexity index is 1440. The monoisotopic (exact) mass is 531 g/mol. The zero-order valence-corrected chi connectivity index (χ0v) is 21.7. The van der Waals surface area contributed by atoms with Gasteiger partial charge in [-0.05, 0) is 31.2 Å². The summed E-state index contributed by atoms with van der Waals surface area (Å²) in [5.41, 5.74) is 1.87. The first-order valence-corrected chi connectivity index (χ1v) is 12.4. The molecule has 0 aliphatic carbocycles. The Hall–Kier alpha value is -4.39. The molecule has 1 amide bonds. The number of nitrogens with zero attached hydrogens (tertiary/aromatic N) is 7. The molecular weight excluding hydrogens is 502 g/mol. The van der Waals surface area contributed by atoms with E-state index in [-0.39, 0.29) is 24.9 Å². The fraction of sp³-hybridized carbons (Fsp3) is 0.296. The van der Waals surface area contributed by atoms with E-state index in [1.165, 1.54) is 11.2 Å². The number of ether oxygens (including phenoxy) is 2. The van der Waals surface area contributed by atoms with Gasteiger partial charge >= 0.3 is 12.1 Å². The number of para-hydroxylation sites is 2. The number of imidazole rings is 1. The molecule has 4 aromatic rings. The lowest BCUT2D eigenvalue weighted by Crippen LogP contribution is -2.29. The van der Waals surface area contributed by atoms with Crippen LogP contribution in [-0.4, -0.2) is 79.5 Å². The van der Waals surface area contributed by atoms with Crippen LogP contribution in [0.2, 0.25) is 0 Å². The molecule has 0 radical (unpaired) electrons. The van der Waals surface area contributed by atoms with Crippen LogP contribution in [0.1, 0.15) is 19.6 Å². The van der Waals surface area contributed by atoms with Gasteiger partial charge < -0.3 is 24.6 Å². The lowest BCUT2D eigenvalue weighted by Gasteiger charge is -2.21. The molecule has 39 heavy (non-hydrogen) atoms. The van der Waals surface area contributed by atoms with Crippen molar-refractivity contribution in [2.24, 2.45) is 4.99 Å². The van der Waals surface area contributed by atoms with Gasteiger partial charge in [-0.2, -0.15) is 9.97 Å². The van der Waals surface area contributed by atoms with E-state index in [4.69, 9.17) is 9.47 Å². The number of benzene rings is 2. The highest BCUT2D eigenvalue weighted by molar-refractivity contribution is 5.97. The van der Waals surface area contributed by atoms with Crippen molar-refractivity contribution in [2.75, 3.05) is 25.6 Å². The molecule has 0 bridgehead atoms. The molecule has 5 rings (SSSR count). The van der Waals surface area contributed by atoms with E-state index < -0.39 is 24.5 Å². The fourth-order valence-corrected chi connectivity index (χ4v) is 4.16. The zero-order chi connectivity index (χ0) is 27.5. The van der Waals surface area contributed by atoms with Crippen LogP contribution in [0.5, 0.6) is 6.01 Å². The maximum Gasteiger partial charge on any atom is 0.426 e. The average Bonchev–Trinajstić information content (AvgIpc) is 3.53. The number of hydrogen-bond acceptors (Lipinski definition) is 9. The van der Waals surface area contributed by atoms with Crippen molar-refractivity contribution < 1.29 is 24.5 Å². The average molecular weight is 532 g/mol. The van der Waals surface area contributed by atoms with Crippen molar-refractivity contribution in [2.45, 2.75) is 31.8 Å². The van der Waals surface area contributed by atoms with Crippen LogP contribution in [-0.2, 0) is 4.74 Å². The summed E-state index contributed by atoms with van der Waals surface area (Å²) in [5, 5.41) is 19.8. The molecule has 3 heterocycles. The van der Waals surface area contributed by atoms with Crippen molar-refractivity contribution in [1.82, 2.24) is 24.4 Å². The first-order valence-electron chi connectivity index (χ1n) is 12.4. The van der Waals surface area contributed by atoms with Crippen LogP contribution in [0.3, 0.4) is 0 Å². The maximum atomic E-state index is 13.6. The number of aliphatic hydroxyl groups is 2. The largest absolute Gasteiger partial charge is 0.426 e. The van der Waals surface area contributed by atoms with E-state index in [2.05, 4.69) is 19.9 Å². The first kappa shape index (κ1) is 26.2. The number of hydrogen-bond donors (Lipinski definition) is 2. The number of carbonyl (C=O) groups is 1. The van der Waals surface area contributed by atoms with Crippen LogP contribution < -0.4 is 9.64 Å². The van der Waals surface area contributed by atoms with Crippen molar-refractivity contribution in [1.29, 1.82) is 0 Å². The molecule has 3 atom stereocenters. The van der Waals surface area contributed by atoms with Gasteiger partial charge in [-0.1, -0.05) is 36.4 Å². The van der Waals surface area contributed by atoms with Gasteiger partial charge in [0.1, 0.15) is 18.2 Å². The predicted molar refractivity (Wildman–Crippen MR) is 144 cm³/mol. The molecule has 2 N–H and O–H groups in total. The Morgan fingerprint density at radius 1 is 1.10 bits per heavy atom. The zero-order valence-electron chi connectivity index (χ0n) is 21.7. The molecule has 202 valence electrons. The van der Waals surface area contributed by atoms with Gasteiger partial charge in [0.2, 0.25) is 0 Å². The van der Waals surface area contributed by atoms with Gasteiger partial charge in [0.15, 0.2) is 17.0 Å².